The molecule has 0 spiro atoms. The standard InChI is InChI=1S/C26H26FN3O4S/c1-5-35(33,34)30(4)18-8-6-7-15(11-18)23-20(27)12-16(13-22(28)31)25-24(23)19-10-9-17(26(2,3)32)14-21(19)29-25/h5-12,14,29,32H,1,13H2,2-4H3,(H2,28,31). The lowest BCUT2D eigenvalue weighted by Gasteiger charge is -2.18. The highest BCUT2D eigenvalue weighted by Gasteiger charge is 2.23. The Morgan fingerprint density at radius 1 is 1.23 bits per heavy atom. The van der Waals surface area contributed by atoms with Crippen molar-refractivity contribution < 1.29 is 22.7 Å². The lowest BCUT2D eigenvalue weighted by molar-refractivity contribution is -0.117. The second-order valence-corrected chi connectivity index (χ2v) is 10.9. The molecular formula is C26H26FN3O4S. The Morgan fingerprint density at radius 3 is 2.57 bits per heavy atom. The van der Waals surface area contributed by atoms with Crippen LogP contribution < -0.4 is 10.0 Å². The van der Waals surface area contributed by atoms with Crippen molar-refractivity contribution in [3.8, 4) is 11.1 Å². The highest BCUT2D eigenvalue weighted by atomic mass is 32.2. The van der Waals surface area contributed by atoms with Gasteiger partial charge in [0.15, 0.2) is 0 Å². The number of halogens is 1. The number of benzene rings is 3. The maximum Gasteiger partial charge on any atom is 0.256 e. The van der Waals surface area contributed by atoms with E-state index in [-0.39, 0.29) is 12.0 Å². The fraction of sp³-hybridized carbons (Fsp3) is 0.192. The third-order valence-electron chi connectivity index (χ3n) is 6.07. The van der Waals surface area contributed by atoms with E-state index in [0.29, 0.717) is 44.2 Å². The van der Waals surface area contributed by atoms with Crippen LogP contribution in [-0.4, -0.2) is 31.5 Å². The minimum absolute atomic E-state index is 0.167. The summed E-state index contributed by atoms with van der Waals surface area (Å²) in [5.41, 5.74) is 7.62. The summed E-state index contributed by atoms with van der Waals surface area (Å²) >= 11 is 0. The van der Waals surface area contributed by atoms with Crippen LogP contribution in [-0.2, 0) is 26.8 Å². The van der Waals surface area contributed by atoms with Crippen LogP contribution in [0.5, 0.6) is 0 Å². The molecule has 0 aliphatic heterocycles. The normalized spacial score (nSPS) is 12.3. The lowest BCUT2D eigenvalue weighted by atomic mass is 9.93. The molecule has 1 heterocycles. The van der Waals surface area contributed by atoms with Gasteiger partial charge in [0.2, 0.25) is 5.91 Å². The summed E-state index contributed by atoms with van der Waals surface area (Å²) in [6.07, 6.45) is -0.167. The molecule has 3 aromatic carbocycles. The molecular weight excluding hydrogens is 469 g/mol. The molecule has 4 N–H and O–H groups in total. The number of primary amides is 1. The van der Waals surface area contributed by atoms with E-state index >= 15 is 4.39 Å². The van der Waals surface area contributed by atoms with E-state index in [2.05, 4.69) is 11.6 Å². The van der Waals surface area contributed by atoms with Gasteiger partial charge >= 0.3 is 0 Å². The number of nitrogens with one attached hydrogen (secondary N) is 1. The molecule has 1 amide bonds. The summed E-state index contributed by atoms with van der Waals surface area (Å²) < 4.78 is 41.3. The fourth-order valence-electron chi connectivity index (χ4n) is 4.22. The summed E-state index contributed by atoms with van der Waals surface area (Å²) in [7, 11) is -2.35. The van der Waals surface area contributed by atoms with Gasteiger partial charge in [-0.25, -0.2) is 12.8 Å². The zero-order chi connectivity index (χ0) is 25.7. The van der Waals surface area contributed by atoms with Gasteiger partial charge in [-0.1, -0.05) is 30.8 Å². The quantitative estimate of drug-likeness (QED) is 0.355. The molecule has 9 heteroatoms. The molecule has 35 heavy (non-hydrogen) atoms. The second-order valence-electron chi connectivity index (χ2n) is 8.96. The first-order valence-electron chi connectivity index (χ1n) is 10.8. The number of hydrogen-bond donors (Lipinski definition) is 3. The molecule has 0 saturated heterocycles. The molecule has 1 aromatic heterocycles. The number of rotatable bonds is 7. The Labute approximate surface area is 202 Å². The number of fused-ring (bicyclic) bond motifs is 3. The van der Waals surface area contributed by atoms with Gasteiger partial charge in [0.1, 0.15) is 5.82 Å². The summed E-state index contributed by atoms with van der Waals surface area (Å²) in [5.74, 6) is -1.18. The molecule has 0 aliphatic carbocycles. The molecule has 0 radical (unpaired) electrons. The lowest BCUT2D eigenvalue weighted by Crippen LogP contribution is -2.23. The molecule has 0 fully saturated rings. The largest absolute Gasteiger partial charge is 0.386 e. The Hall–Kier alpha value is -3.69. The van der Waals surface area contributed by atoms with E-state index in [1.165, 1.54) is 13.1 Å². The van der Waals surface area contributed by atoms with Gasteiger partial charge in [-0.3, -0.25) is 9.10 Å². The third kappa shape index (κ3) is 4.40. The van der Waals surface area contributed by atoms with Crippen LogP contribution in [0.15, 0.2) is 60.5 Å². The maximum atomic E-state index is 15.7. The van der Waals surface area contributed by atoms with Crippen LogP contribution in [0.2, 0.25) is 0 Å². The van der Waals surface area contributed by atoms with Crippen molar-refractivity contribution in [1.29, 1.82) is 0 Å². The molecule has 0 saturated carbocycles. The number of nitrogens with zero attached hydrogens (tertiary/aromatic N) is 1. The van der Waals surface area contributed by atoms with Gasteiger partial charge in [0.25, 0.3) is 10.0 Å². The van der Waals surface area contributed by atoms with Crippen molar-refractivity contribution in [2.45, 2.75) is 25.9 Å². The smallest absolute Gasteiger partial charge is 0.256 e. The summed E-state index contributed by atoms with van der Waals surface area (Å²) in [6, 6.07) is 13.1. The summed E-state index contributed by atoms with van der Waals surface area (Å²) in [4.78, 5) is 15.0. The first-order valence-corrected chi connectivity index (χ1v) is 12.3. The zero-order valence-electron chi connectivity index (χ0n) is 19.6. The maximum absolute atomic E-state index is 15.7. The highest BCUT2D eigenvalue weighted by molar-refractivity contribution is 7.95. The van der Waals surface area contributed by atoms with Crippen LogP contribution in [0.4, 0.5) is 10.1 Å². The Morgan fingerprint density at radius 2 is 1.94 bits per heavy atom. The highest BCUT2D eigenvalue weighted by Crippen LogP contribution is 2.40. The Bertz CT molecular complexity index is 1600. The number of aromatic nitrogens is 1. The first kappa shape index (κ1) is 24.4. The van der Waals surface area contributed by atoms with Gasteiger partial charge in [-0.15, -0.1) is 0 Å². The van der Waals surface area contributed by atoms with Crippen molar-refractivity contribution >= 4 is 43.4 Å². The van der Waals surface area contributed by atoms with E-state index in [4.69, 9.17) is 5.73 Å². The third-order valence-corrected chi connectivity index (χ3v) is 7.47. The number of carbonyl (C=O) groups is 1. The van der Waals surface area contributed by atoms with Crippen molar-refractivity contribution in [2.75, 3.05) is 11.4 Å². The number of nitrogens with two attached hydrogens (primary N) is 1. The number of aromatic amines is 1. The number of anilines is 1. The van der Waals surface area contributed by atoms with E-state index < -0.39 is 27.3 Å². The molecule has 0 atom stereocenters. The molecule has 4 rings (SSSR count). The minimum Gasteiger partial charge on any atom is -0.386 e. The van der Waals surface area contributed by atoms with E-state index in [1.807, 2.05) is 0 Å². The molecule has 4 aromatic rings. The van der Waals surface area contributed by atoms with Gasteiger partial charge < -0.3 is 15.8 Å². The second kappa shape index (κ2) is 8.51. The predicted octanol–water partition coefficient (Wildman–Crippen LogP) is 4.29. The van der Waals surface area contributed by atoms with Crippen LogP contribution >= 0.6 is 0 Å². The average molecular weight is 496 g/mol. The average Bonchev–Trinajstić information content (AvgIpc) is 3.17. The number of H-pyrrole nitrogens is 1. The molecule has 0 unspecified atom stereocenters. The van der Waals surface area contributed by atoms with Crippen LogP contribution in [0.25, 0.3) is 32.9 Å². The number of hydrogen-bond acceptors (Lipinski definition) is 4. The zero-order valence-corrected chi connectivity index (χ0v) is 20.4. The van der Waals surface area contributed by atoms with Crippen molar-refractivity contribution in [3.63, 3.8) is 0 Å². The molecule has 7 nitrogen and oxygen atoms in total. The van der Waals surface area contributed by atoms with Crippen molar-refractivity contribution in [2.24, 2.45) is 5.73 Å². The van der Waals surface area contributed by atoms with Gasteiger partial charge in [-0.05, 0) is 54.8 Å². The SMILES string of the molecule is C=CS(=O)(=O)N(C)c1cccc(-c2c(F)cc(CC(N)=O)c3[nH]c4cc(C(C)(C)O)ccc4c23)c1. The number of aliphatic hydroxyl groups is 1. The van der Waals surface area contributed by atoms with Gasteiger partial charge in [0, 0.05) is 34.3 Å². The summed E-state index contributed by atoms with van der Waals surface area (Å²) in [6.45, 7) is 6.68. The Balaban J connectivity index is 2.05. The van der Waals surface area contributed by atoms with Crippen LogP contribution in [0.1, 0.15) is 25.0 Å². The number of amides is 1. The number of carbonyl (C=O) groups excluding carboxylic acids is 1. The molecule has 0 aliphatic rings. The summed E-state index contributed by atoms with van der Waals surface area (Å²) in [5, 5.41) is 12.5. The van der Waals surface area contributed by atoms with E-state index in [9.17, 15) is 18.3 Å². The monoisotopic (exact) mass is 495 g/mol. The molecule has 182 valence electrons. The van der Waals surface area contributed by atoms with Gasteiger partial charge in [-0.2, -0.15) is 0 Å². The predicted molar refractivity (Wildman–Crippen MR) is 137 cm³/mol. The first-order chi connectivity index (χ1) is 16.3. The minimum atomic E-state index is -3.74. The Kier molecular flexibility index (Phi) is 5.94. The van der Waals surface area contributed by atoms with Crippen molar-refractivity contribution in [1.82, 2.24) is 4.98 Å². The van der Waals surface area contributed by atoms with Crippen LogP contribution in [0, 0.1) is 5.82 Å². The number of sulfonamides is 1. The van der Waals surface area contributed by atoms with E-state index in [0.717, 1.165) is 9.71 Å². The van der Waals surface area contributed by atoms with E-state index in [1.54, 1.807) is 56.3 Å². The van der Waals surface area contributed by atoms with Crippen LogP contribution in [0.3, 0.4) is 0 Å². The van der Waals surface area contributed by atoms with Crippen molar-refractivity contribution in [3.05, 3.63) is 77.5 Å². The molecule has 0 bridgehead atoms. The topological polar surface area (TPSA) is 116 Å². The fourth-order valence-corrected chi connectivity index (χ4v) is 4.85. The van der Waals surface area contributed by atoms with Gasteiger partial charge in [0.05, 0.1) is 23.2 Å².